The molecule has 1 heterocycles. The maximum Gasteiger partial charge on any atom is 0.267 e. The van der Waals surface area contributed by atoms with Crippen molar-refractivity contribution in [3.63, 3.8) is 0 Å². The number of fused-ring (bicyclic) bond motifs is 1. The average molecular weight is 294 g/mol. The van der Waals surface area contributed by atoms with Crippen LogP contribution in [0.3, 0.4) is 0 Å². The molecule has 0 fully saturated rings. The van der Waals surface area contributed by atoms with Gasteiger partial charge in [-0.2, -0.15) is 0 Å². The number of rotatable bonds is 4. The first kappa shape index (κ1) is 13.8. The molecule has 0 saturated carbocycles. The van der Waals surface area contributed by atoms with Crippen LogP contribution < -0.4 is 10.8 Å². The van der Waals surface area contributed by atoms with Crippen LogP contribution >= 0.6 is 0 Å². The molecule has 0 aliphatic carbocycles. The van der Waals surface area contributed by atoms with Crippen LogP contribution in [-0.4, -0.2) is 21.1 Å². The van der Waals surface area contributed by atoms with Gasteiger partial charge in [-0.15, -0.1) is 0 Å². The number of carbonyl (C=O) groups excluding carboxylic acids is 1. The van der Waals surface area contributed by atoms with Crippen LogP contribution in [0.1, 0.15) is 5.56 Å². The van der Waals surface area contributed by atoms with Gasteiger partial charge in [0.2, 0.25) is 5.95 Å². The minimum absolute atomic E-state index is 0.585. The third-order valence-corrected chi connectivity index (χ3v) is 3.13. The zero-order chi connectivity index (χ0) is 15.4. The highest BCUT2D eigenvalue weighted by molar-refractivity contribution is 5.92. The Morgan fingerprint density at radius 3 is 2.73 bits per heavy atom. The Balaban J connectivity index is 1.88. The van der Waals surface area contributed by atoms with E-state index in [0.29, 0.717) is 5.95 Å². The fourth-order valence-corrected chi connectivity index (χ4v) is 2.10. The number of amides is 1. The number of carbonyl (C=O) groups is 1. The van der Waals surface area contributed by atoms with E-state index in [0.717, 1.165) is 22.3 Å². The number of hydrogen-bond acceptors (Lipinski definition) is 4. The van der Waals surface area contributed by atoms with E-state index in [1.165, 1.54) is 6.08 Å². The van der Waals surface area contributed by atoms with Gasteiger partial charge in [-0.25, -0.2) is 10.5 Å². The molecule has 0 saturated heterocycles. The van der Waals surface area contributed by atoms with Crippen molar-refractivity contribution in [2.45, 2.75) is 0 Å². The standard InChI is InChI=1S/C16H14N4O2/c21-15(20-22)10-9-11-5-1-2-6-12(11)17-16-18-13-7-3-4-8-14(13)19-16/h1-10,22H,(H,20,21)(H2,17,18,19)/b10-9+. The molecule has 1 amide bonds. The van der Waals surface area contributed by atoms with Gasteiger partial charge in [0.1, 0.15) is 0 Å². The number of aromatic amines is 1. The molecule has 3 rings (SSSR count). The molecule has 3 aromatic rings. The summed E-state index contributed by atoms with van der Waals surface area (Å²) in [7, 11) is 0. The molecule has 4 N–H and O–H groups in total. The normalized spacial score (nSPS) is 11.0. The van der Waals surface area contributed by atoms with Crippen molar-refractivity contribution in [3.05, 3.63) is 60.2 Å². The maximum atomic E-state index is 11.1. The van der Waals surface area contributed by atoms with Gasteiger partial charge in [0.25, 0.3) is 5.91 Å². The zero-order valence-electron chi connectivity index (χ0n) is 11.6. The van der Waals surface area contributed by atoms with E-state index in [9.17, 15) is 4.79 Å². The van der Waals surface area contributed by atoms with Crippen LogP contribution in [0.25, 0.3) is 17.1 Å². The lowest BCUT2D eigenvalue weighted by Gasteiger charge is -2.06. The number of aromatic nitrogens is 2. The highest BCUT2D eigenvalue weighted by Crippen LogP contribution is 2.22. The Bertz CT molecular complexity index is 806. The summed E-state index contributed by atoms with van der Waals surface area (Å²) < 4.78 is 0. The molecule has 0 spiro atoms. The Kier molecular flexibility index (Phi) is 3.84. The third-order valence-electron chi connectivity index (χ3n) is 3.13. The average Bonchev–Trinajstić information content (AvgIpc) is 2.96. The van der Waals surface area contributed by atoms with E-state index in [-0.39, 0.29) is 0 Å². The van der Waals surface area contributed by atoms with E-state index in [4.69, 9.17) is 5.21 Å². The smallest absolute Gasteiger partial charge is 0.267 e. The van der Waals surface area contributed by atoms with E-state index in [1.807, 2.05) is 48.5 Å². The number of H-pyrrole nitrogens is 1. The summed E-state index contributed by atoms with van der Waals surface area (Å²) in [6.45, 7) is 0. The minimum atomic E-state index is -0.585. The quantitative estimate of drug-likeness (QED) is 0.338. The number of nitrogens with zero attached hydrogens (tertiary/aromatic N) is 1. The Morgan fingerprint density at radius 1 is 1.14 bits per heavy atom. The van der Waals surface area contributed by atoms with Crippen molar-refractivity contribution in [3.8, 4) is 0 Å². The highest BCUT2D eigenvalue weighted by atomic mass is 16.5. The number of nitrogens with one attached hydrogen (secondary N) is 3. The van der Waals surface area contributed by atoms with Gasteiger partial charge < -0.3 is 10.3 Å². The van der Waals surface area contributed by atoms with Gasteiger partial charge in [0.15, 0.2) is 0 Å². The summed E-state index contributed by atoms with van der Waals surface area (Å²) in [6.07, 6.45) is 2.86. The van der Waals surface area contributed by atoms with Crippen LogP contribution in [0.4, 0.5) is 11.6 Å². The van der Waals surface area contributed by atoms with E-state index in [1.54, 1.807) is 11.6 Å². The van der Waals surface area contributed by atoms with E-state index >= 15 is 0 Å². The summed E-state index contributed by atoms with van der Waals surface area (Å²) in [5.74, 6) is 0.0344. The molecule has 2 aromatic carbocycles. The molecule has 6 heteroatoms. The van der Waals surface area contributed by atoms with Crippen molar-refractivity contribution in [2.75, 3.05) is 5.32 Å². The number of hydrogen-bond donors (Lipinski definition) is 4. The largest absolute Gasteiger partial charge is 0.325 e. The first-order valence-corrected chi connectivity index (χ1v) is 6.69. The Morgan fingerprint density at radius 2 is 1.91 bits per heavy atom. The first-order valence-electron chi connectivity index (χ1n) is 6.69. The summed E-state index contributed by atoms with van der Waals surface area (Å²) >= 11 is 0. The SMILES string of the molecule is O=C(/C=C/c1ccccc1Nc1nc2ccccc2[nH]1)NO. The Labute approximate surface area is 126 Å². The van der Waals surface area contributed by atoms with Gasteiger partial charge in [-0.1, -0.05) is 30.3 Å². The van der Waals surface area contributed by atoms with E-state index in [2.05, 4.69) is 15.3 Å². The molecule has 110 valence electrons. The van der Waals surface area contributed by atoms with Gasteiger partial charge in [0.05, 0.1) is 11.0 Å². The van der Waals surface area contributed by atoms with Crippen LogP contribution in [0.15, 0.2) is 54.6 Å². The fraction of sp³-hybridized carbons (Fsp3) is 0. The minimum Gasteiger partial charge on any atom is -0.325 e. The summed E-state index contributed by atoms with van der Waals surface area (Å²) in [5, 5.41) is 11.7. The van der Waals surface area contributed by atoms with Crippen molar-refractivity contribution in [1.82, 2.24) is 15.4 Å². The molecule has 0 aliphatic rings. The second kappa shape index (κ2) is 6.11. The summed E-state index contributed by atoms with van der Waals surface area (Å²) in [5.41, 5.74) is 4.97. The van der Waals surface area contributed by atoms with Crippen LogP contribution in [0.2, 0.25) is 0 Å². The van der Waals surface area contributed by atoms with Crippen molar-refractivity contribution in [1.29, 1.82) is 0 Å². The molecular weight excluding hydrogens is 280 g/mol. The molecule has 6 nitrogen and oxygen atoms in total. The van der Waals surface area contributed by atoms with Crippen LogP contribution in [0, 0.1) is 0 Å². The van der Waals surface area contributed by atoms with Gasteiger partial charge in [-0.3, -0.25) is 10.0 Å². The number of anilines is 2. The molecule has 1 aromatic heterocycles. The third kappa shape index (κ3) is 2.97. The molecule has 0 aliphatic heterocycles. The summed E-state index contributed by atoms with van der Waals surface area (Å²) in [6, 6.07) is 15.2. The lowest BCUT2D eigenvalue weighted by molar-refractivity contribution is -0.124. The molecular formula is C16H14N4O2. The van der Waals surface area contributed by atoms with Gasteiger partial charge >= 0.3 is 0 Å². The van der Waals surface area contributed by atoms with Gasteiger partial charge in [0, 0.05) is 11.8 Å². The first-order chi connectivity index (χ1) is 10.8. The molecule has 0 atom stereocenters. The lowest BCUT2D eigenvalue weighted by Crippen LogP contribution is -2.14. The van der Waals surface area contributed by atoms with Crippen molar-refractivity contribution < 1.29 is 10.0 Å². The van der Waals surface area contributed by atoms with Crippen molar-refractivity contribution in [2.24, 2.45) is 0 Å². The van der Waals surface area contributed by atoms with E-state index < -0.39 is 5.91 Å². The number of para-hydroxylation sites is 3. The van der Waals surface area contributed by atoms with Gasteiger partial charge in [-0.05, 0) is 29.8 Å². The zero-order valence-corrected chi connectivity index (χ0v) is 11.6. The molecule has 22 heavy (non-hydrogen) atoms. The Hall–Kier alpha value is -3.12. The molecule has 0 unspecified atom stereocenters. The van der Waals surface area contributed by atoms with Crippen LogP contribution in [0.5, 0.6) is 0 Å². The monoisotopic (exact) mass is 294 g/mol. The summed E-state index contributed by atoms with van der Waals surface area (Å²) in [4.78, 5) is 18.7. The second-order valence-corrected chi connectivity index (χ2v) is 4.62. The lowest BCUT2D eigenvalue weighted by atomic mass is 10.1. The molecule has 0 radical (unpaired) electrons. The number of hydroxylamine groups is 1. The predicted molar refractivity (Wildman–Crippen MR) is 84.8 cm³/mol. The molecule has 0 bridgehead atoms. The second-order valence-electron chi connectivity index (χ2n) is 4.62. The predicted octanol–water partition coefficient (Wildman–Crippen LogP) is 2.83. The number of imidazole rings is 1. The van der Waals surface area contributed by atoms with Crippen molar-refractivity contribution >= 4 is 34.7 Å². The topological polar surface area (TPSA) is 90.0 Å². The number of benzene rings is 2. The van der Waals surface area contributed by atoms with Crippen LogP contribution in [-0.2, 0) is 4.79 Å². The fourth-order valence-electron chi connectivity index (χ4n) is 2.10. The highest BCUT2D eigenvalue weighted by Gasteiger charge is 2.04. The maximum absolute atomic E-state index is 11.1.